The maximum absolute atomic E-state index is 11.6. The van der Waals surface area contributed by atoms with Gasteiger partial charge in [0.15, 0.2) is 0 Å². The van der Waals surface area contributed by atoms with Gasteiger partial charge in [-0.2, -0.15) is 0 Å². The number of nitrogens with zero attached hydrogens (tertiary/aromatic N) is 1. The summed E-state index contributed by atoms with van der Waals surface area (Å²) in [4.78, 5) is 24.2. The van der Waals surface area contributed by atoms with Gasteiger partial charge in [-0.3, -0.25) is 9.59 Å². The van der Waals surface area contributed by atoms with Crippen molar-refractivity contribution >= 4 is 27.8 Å². The molecule has 1 N–H and O–H groups in total. The highest BCUT2D eigenvalue weighted by Gasteiger charge is 2.25. The van der Waals surface area contributed by atoms with Gasteiger partial charge in [0.2, 0.25) is 5.91 Å². The molecule has 1 rings (SSSR count). The number of carbonyl (C=O) groups excluding carboxylic acids is 1. The highest BCUT2D eigenvalue weighted by molar-refractivity contribution is 9.10. The molecule has 1 unspecified atom stereocenters. The average Bonchev–Trinajstić information content (AvgIpc) is 2.26. The Morgan fingerprint density at radius 3 is 2.41 bits per heavy atom. The fraction of sp³-hybridized carbons (Fsp3) is 0.333. The molecule has 0 heterocycles. The number of benzene rings is 1. The summed E-state index contributed by atoms with van der Waals surface area (Å²) < 4.78 is 0.707. The zero-order valence-corrected chi connectivity index (χ0v) is 11.3. The predicted molar refractivity (Wildman–Crippen MR) is 67.8 cm³/mol. The van der Waals surface area contributed by atoms with Gasteiger partial charge < -0.3 is 10.0 Å². The maximum atomic E-state index is 11.6. The van der Waals surface area contributed by atoms with Crippen molar-refractivity contribution in [1.82, 2.24) is 4.90 Å². The Hall–Kier alpha value is -1.36. The molecule has 0 saturated heterocycles. The lowest BCUT2D eigenvalue weighted by Crippen LogP contribution is -2.26. The molecule has 1 atom stereocenters. The molecule has 5 heteroatoms. The molecular formula is C12H14BrNO3. The van der Waals surface area contributed by atoms with Crippen LogP contribution in [0.4, 0.5) is 0 Å². The monoisotopic (exact) mass is 299 g/mol. The first kappa shape index (κ1) is 13.7. The minimum atomic E-state index is -0.993. The molecular weight excluding hydrogens is 286 g/mol. The van der Waals surface area contributed by atoms with E-state index in [1.807, 2.05) is 0 Å². The van der Waals surface area contributed by atoms with Crippen LogP contribution in [0, 0.1) is 0 Å². The summed E-state index contributed by atoms with van der Waals surface area (Å²) in [6.45, 7) is 0. The third kappa shape index (κ3) is 3.56. The van der Waals surface area contributed by atoms with Crippen molar-refractivity contribution < 1.29 is 14.7 Å². The highest BCUT2D eigenvalue weighted by Crippen LogP contribution is 2.27. The van der Waals surface area contributed by atoms with Crippen LogP contribution in [0.2, 0.25) is 0 Å². The fourth-order valence-electron chi connectivity index (χ4n) is 1.45. The molecule has 0 aromatic heterocycles. The maximum Gasteiger partial charge on any atom is 0.311 e. The van der Waals surface area contributed by atoms with Crippen molar-refractivity contribution in [2.45, 2.75) is 12.3 Å². The van der Waals surface area contributed by atoms with Gasteiger partial charge in [-0.15, -0.1) is 0 Å². The van der Waals surface area contributed by atoms with E-state index in [0.29, 0.717) is 10.0 Å². The molecule has 0 saturated carbocycles. The van der Waals surface area contributed by atoms with Crippen molar-refractivity contribution in [3.63, 3.8) is 0 Å². The third-order valence-electron chi connectivity index (χ3n) is 2.46. The van der Waals surface area contributed by atoms with Crippen LogP contribution in [0.15, 0.2) is 28.7 Å². The van der Waals surface area contributed by atoms with Crippen LogP contribution in [0.25, 0.3) is 0 Å². The Morgan fingerprint density at radius 2 is 1.94 bits per heavy atom. The van der Waals surface area contributed by atoms with E-state index in [-0.39, 0.29) is 12.3 Å². The Bertz CT molecular complexity index is 432. The lowest BCUT2D eigenvalue weighted by atomic mass is 9.95. The van der Waals surface area contributed by atoms with Crippen molar-refractivity contribution in [2.24, 2.45) is 0 Å². The number of hydrogen-bond acceptors (Lipinski definition) is 2. The van der Waals surface area contributed by atoms with E-state index >= 15 is 0 Å². The largest absolute Gasteiger partial charge is 0.481 e. The number of carbonyl (C=O) groups is 2. The number of amides is 1. The molecule has 17 heavy (non-hydrogen) atoms. The Labute approximate surface area is 108 Å². The van der Waals surface area contributed by atoms with Gasteiger partial charge in [0, 0.05) is 25.0 Å². The topological polar surface area (TPSA) is 57.6 Å². The number of hydrogen-bond donors (Lipinski definition) is 1. The molecule has 0 aliphatic rings. The second kappa shape index (κ2) is 5.82. The van der Waals surface area contributed by atoms with Gasteiger partial charge in [-0.05, 0) is 11.6 Å². The molecule has 1 amide bonds. The number of carboxylic acid groups (broad SMARTS) is 1. The zero-order valence-electron chi connectivity index (χ0n) is 9.68. The van der Waals surface area contributed by atoms with Crippen molar-refractivity contribution in [3.05, 3.63) is 34.3 Å². The molecule has 0 aliphatic heterocycles. The SMILES string of the molecule is CN(C)C(=O)CC(C(=O)O)c1ccccc1Br. The van der Waals surface area contributed by atoms with Gasteiger partial charge in [0.1, 0.15) is 0 Å². The van der Waals surface area contributed by atoms with E-state index in [9.17, 15) is 14.7 Å². The van der Waals surface area contributed by atoms with Gasteiger partial charge in [0.25, 0.3) is 0 Å². The number of rotatable bonds is 4. The third-order valence-corrected chi connectivity index (χ3v) is 3.18. The van der Waals surface area contributed by atoms with E-state index < -0.39 is 11.9 Å². The van der Waals surface area contributed by atoms with E-state index in [4.69, 9.17) is 0 Å². The molecule has 0 aliphatic carbocycles. The van der Waals surface area contributed by atoms with Crippen LogP contribution in [0.3, 0.4) is 0 Å². The first-order valence-corrected chi connectivity index (χ1v) is 5.90. The molecule has 4 nitrogen and oxygen atoms in total. The standard InChI is InChI=1S/C12H14BrNO3/c1-14(2)11(15)7-9(12(16)17)8-5-3-4-6-10(8)13/h3-6,9H,7H2,1-2H3,(H,16,17). The molecule has 0 fully saturated rings. The quantitative estimate of drug-likeness (QED) is 0.926. The van der Waals surface area contributed by atoms with Crippen LogP contribution in [0.5, 0.6) is 0 Å². The smallest absolute Gasteiger partial charge is 0.311 e. The van der Waals surface area contributed by atoms with Gasteiger partial charge in [-0.1, -0.05) is 34.1 Å². The summed E-state index contributed by atoms with van der Waals surface area (Å²) in [5.74, 6) is -2.01. The van der Waals surface area contributed by atoms with Crippen molar-refractivity contribution in [3.8, 4) is 0 Å². The first-order valence-electron chi connectivity index (χ1n) is 5.11. The predicted octanol–water partition coefficient (Wildman–Crippen LogP) is 2.10. The summed E-state index contributed by atoms with van der Waals surface area (Å²) in [5, 5.41) is 9.19. The van der Waals surface area contributed by atoms with E-state index in [1.54, 1.807) is 38.4 Å². The van der Waals surface area contributed by atoms with Gasteiger partial charge in [-0.25, -0.2) is 0 Å². The Balaban J connectivity index is 2.99. The minimum Gasteiger partial charge on any atom is -0.481 e. The van der Waals surface area contributed by atoms with Crippen LogP contribution < -0.4 is 0 Å². The minimum absolute atomic E-state index is 0.0368. The molecule has 0 radical (unpaired) electrons. The summed E-state index contributed by atoms with van der Waals surface area (Å²) in [6.07, 6.45) is -0.0368. The Morgan fingerprint density at radius 1 is 1.35 bits per heavy atom. The van der Waals surface area contributed by atoms with Gasteiger partial charge in [0.05, 0.1) is 5.92 Å². The summed E-state index contributed by atoms with van der Waals surface area (Å²) in [7, 11) is 3.22. The normalized spacial score (nSPS) is 11.9. The van der Waals surface area contributed by atoms with Crippen LogP contribution in [-0.2, 0) is 9.59 Å². The zero-order chi connectivity index (χ0) is 13.0. The fourth-order valence-corrected chi connectivity index (χ4v) is 2.01. The number of carboxylic acids is 1. The Kier molecular flexibility index (Phi) is 4.69. The van der Waals surface area contributed by atoms with E-state index in [0.717, 1.165) is 0 Å². The lowest BCUT2D eigenvalue weighted by molar-refractivity contribution is -0.142. The summed E-state index contributed by atoms with van der Waals surface area (Å²) in [6, 6.07) is 7.05. The highest BCUT2D eigenvalue weighted by atomic mass is 79.9. The second-order valence-corrected chi connectivity index (χ2v) is 4.76. The summed E-state index contributed by atoms with van der Waals surface area (Å²) >= 11 is 3.30. The first-order chi connectivity index (χ1) is 7.93. The molecule has 1 aromatic carbocycles. The number of halogens is 1. The van der Waals surface area contributed by atoms with Crippen LogP contribution in [0.1, 0.15) is 17.9 Å². The van der Waals surface area contributed by atoms with Crippen molar-refractivity contribution in [2.75, 3.05) is 14.1 Å². The van der Waals surface area contributed by atoms with Crippen LogP contribution >= 0.6 is 15.9 Å². The molecule has 0 bridgehead atoms. The second-order valence-electron chi connectivity index (χ2n) is 3.90. The van der Waals surface area contributed by atoms with Crippen molar-refractivity contribution in [1.29, 1.82) is 0 Å². The number of aliphatic carboxylic acids is 1. The average molecular weight is 300 g/mol. The molecule has 0 spiro atoms. The van der Waals surface area contributed by atoms with E-state index in [1.165, 1.54) is 4.90 Å². The van der Waals surface area contributed by atoms with E-state index in [2.05, 4.69) is 15.9 Å². The molecule has 92 valence electrons. The molecule has 1 aromatic rings. The van der Waals surface area contributed by atoms with Gasteiger partial charge >= 0.3 is 5.97 Å². The van der Waals surface area contributed by atoms with Crippen LogP contribution in [-0.4, -0.2) is 36.0 Å². The summed E-state index contributed by atoms with van der Waals surface area (Å²) in [5.41, 5.74) is 0.621. The lowest BCUT2D eigenvalue weighted by Gasteiger charge is -2.16.